The minimum atomic E-state index is -0.613. The molecule has 1 heterocycles. The van der Waals surface area contributed by atoms with Crippen molar-refractivity contribution >= 4 is 5.97 Å². The van der Waals surface area contributed by atoms with Gasteiger partial charge in [-0.25, -0.2) is 0 Å². The Morgan fingerprint density at radius 2 is 1.88 bits per heavy atom. The molecule has 2 aromatic rings. The molecule has 0 bridgehead atoms. The van der Waals surface area contributed by atoms with Gasteiger partial charge in [-0.05, 0) is 39.0 Å². The number of benzene rings is 2. The fourth-order valence-corrected chi connectivity index (χ4v) is 2.96. The maximum absolute atomic E-state index is 12.4. The van der Waals surface area contributed by atoms with E-state index in [0.29, 0.717) is 11.5 Å². The number of esters is 1. The van der Waals surface area contributed by atoms with E-state index in [-0.39, 0.29) is 18.0 Å². The molecule has 4 heteroatoms. The van der Waals surface area contributed by atoms with Crippen LogP contribution in [0.1, 0.15) is 43.9 Å². The first-order valence-corrected chi connectivity index (χ1v) is 8.63. The second-order valence-electron chi connectivity index (χ2n) is 7.38. The van der Waals surface area contributed by atoms with Crippen LogP contribution in [0.2, 0.25) is 0 Å². The minimum absolute atomic E-state index is 0.0216. The van der Waals surface area contributed by atoms with Gasteiger partial charge in [0.1, 0.15) is 23.4 Å². The fraction of sp³-hybridized carbons (Fsp3) is 0.318. The lowest BCUT2D eigenvalue weighted by atomic mass is 9.90. The van der Waals surface area contributed by atoms with Crippen molar-refractivity contribution in [2.75, 3.05) is 7.11 Å². The monoisotopic (exact) mass is 352 g/mol. The zero-order valence-corrected chi connectivity index (χ0v) is 15.6. The zero-order chi connectivity index (χ0) is 18.9. The second kappa shape index (κ2) is 6.87. The third kappa shape index (κ3) is 3.32. The highest BCUT2D eigenvalue weighted by atomic mass is 16.5. The summed E-state index contributed by atoms with van der Waals surface area (Å²) in [4.78, 5) is 12.4. The summed E-state index contributed by atoms with van der Waals surface area (Å²) in [5.41, 5.74) is 1.26. The summed E-state index contributed by atoms with van der Waals surface area (Å²) in [5, 5.41) is 0. The number of hydrogen-bond acceptors (Lipinski definition) is 4. The van der Waals surface area contributed by atoms with Gasteiger partial charge in [0.2, 0.25) is 0 Å². The SMILES string of the molecule is C=C[C@@H]1c2ccccc2O[C@@H]1c1ccc(OC)cc1OC(=O)C(C)(C)C. The Balaban J connectivity index is 2.02. The summed E-state index contributed by atoms with van der Waals surface area (Å²) >= 11 is 0. The smallest absolute Gasteiger partial charge is 0.316 e. The summed E-state index contributed by atoms with van der Waals surface area (Å²) in [6, 6.07) is 13.4. The van der Waals surface area contributed by atoms with E-state index < -0.39 is 5.41 Å². The quantitative estimate of drug-likeness (QED) is 0.439. The average molecular weight is 352 g/mol. The molecule has 26 heavy (non-hydrogen) atoms. The van der Waals surface area contributed by atoms with Gasteiger partial charge in [0.15, 0.2) is 0 Å². The van der Waals surface area contributed by atoms with E-state index >= 15 is 0 Å². The highest BCUT2D eigenvalue weighted by Crippen LogP contribution is 2.49. The lowest BCUT2D eigenvalue weighted by molar-refractivity contribution is -0.143. The van der Waals surface area contributed by atoms with Gasteiger partial charge in [-0.1, -0.05) is 24.3 Å². The molecule has 1 aliphatic heterocycles. The molecule has 0 radical (unpaired) electrons. The molecule has 2 aromatic carbocycles. The van der Waals surface area contributed by atoms with Crippen LogP contribution in [0.5, 0.6) is 17.2 Å². The van der Waals surface area contributed by atoms with Crippen molar-refractivity contribution in [3.63, 3.8) is 0 Å². The molecule has 136 valence electrons. The molecular formula is C22H24O4. The number of carbonyl (C=O) groups is 1. The van der Waals surface area contributed by atoms with Crippen molar-refractivity contribution in [3.05, 3.63) is 66.2 Å². The number of ether oxygens (including phenoxy) is 3. The molecule has 2 atom stereocenters. The average Bonchev–Trinajstić information content (AvgIpc) is 2.99. The van der Waals surface area contributed by atoms with Crippen LogP contribution in [0, 0.1) is 5.41 Å². The van der Waals surface area contributed by atoms with Crippen molar-refractivity contribution < 1.29 is 19.0 Å². The largest absolute Gasteiger partial charge is 0.497 e. The third-order valence-corrected chi connectivity index (χ3v) is 4.45. The van der Waals surface area contributed by atoms with Crippen molar-refractivity contribution in [3.8, 4) is 17.2 Å². The number of rotatable bonds is 4. The molecule has 0 saturated carbocycles. The standard InChI is InChI=1S/C22H24O4/c1-6-15-16-9-7-8-10-18(16)25-20(15)17-12-11-14(24-5)13-19(17)26-21(23)22(2,3)4/h6-13,15,20H,1H2,2-5H3/t15-,20+/m1/s1. The van der Waals surface area contributed by atoms with Crippen LogP contribution in [0.25, 0.3) is 0 Å². The molecule has 0 amide bonds. The van der Waals surface area contributed by atoms with Crippen molar-refractivity contribution in [2.24, 2.45) is 5.41 Å². The molecule has 0 N–H and O–H groups in total. The number of hydrogen-bond donors (Lipinski definition) is 0. The first-order valence-electron chi connectivity index (χ1n) is 8.63. The van der Waals surface area contributed by atoms with Crippen LogP contribution in [0.15, 0.2) is 55.1 Å². The summed E-state index contributed by atoms with van der Waals surface area (Å²) in [6.07, 6.45) is 1.56. The van der Waals surface area contributed by atoms with Crippen LogP contribution in [0.3, 0.4) is 0 Å². The van der Waals surface area contributed by atoms with Gasteiger partial charge in [0.25, 0.3) is 0 Å². The lowest BCUT2D eigenvalue weighted by Crippen LogP contribution is -2.26. The Morgan fingerprint density at radius 3 is 2.54 bits per heavy atom. The van der Waals surface area contributed by atoms with Gasteiger partial charge in [0.05, 0.1) is 12.5 Å². The number of methoxy groups -OCH3 is 1. The first-order chi connectivity index (χ1) is 12.3. The molecule has 0 unspecified atom stereocenters. The highest BCUT2D eigenvalue weighted by Gasteiger charge is 2.36. The van der Waals surface area contributed by atoms with Crippen molar-refractivity contribution in [1.82, 2.24) is 0 Å². The van der Waals surface area contributed by atoms with E-state index in [0.717, 1.165) is 16.9 Å². The van der Waals surface area contributed by atoms with Crippen LogP contribution in [0.4, 0.5) is 0 Å². The predicted molar refractivity (Wildman–Crippen MR) is 101 cm³/mol. The summed E-state index contributed by atoms with van der Waals surface area (Å²) < 4.78 is 17.2. The van der Waals surface area contributed by atoms with Gasteiger partial charge in [-0.2, -0.15) is 0 Å². The summed E-state index contributed by atoms with van der Waals surface area (Å²) in [5.74, 6) is 1.57. The van der Waals surface area contributed by atoms with Crippen molar-refractivity contribution in [2.45, 2.75) is 32.8 Å². The summed E-state index contributed by atoms with van der Waals surface area (Å²) in [6.45, 7) is 9.44. The zero-order valence-electron chi connectivity index (χ0n) is 15.6. The molecule has 0 aromatic heterocycles. The Bertz CT molecular complexity index is 832. The van der Waals surface area contributed by atoms with Gasteiger partial charge in [0, 0.05) is 23.1 Å². The lowest BCUT2D eigenvalue weighted by Gasteiger charge is -2.22. The molecular weight excluding hydrogens is 328 g/mol. The minimum Gasteiger partial charge on any atom is -0.497 e. The van der Waals surface area contributed by atoms with Gasteiger partial charge < -0.3 is 14.2 Å². The molecule has 0 aliphatic carbocycles. The van der Waals surface area contributed by atoms with E-state index in [2.05, 4.69) is 6.58 Å². The van der Waals surface area contributed by atoms with E-state index in [1.807, 2.05) is 63.2 Å². The van der Waals surface area contributed by atoms with Gasteiger partial charge >= 0.3 is 5.97 Å². The Morgan fingerprint density at radius 1 is 1.15 bits per heavy atom. The number of fused-ring (bicyclic) bond motifs is 1. The van der Waals surface area contributed by atoms with Gasteiger partial charge in [-0.3, -0.25) is 4.79 Å². The first kappa shape index (κ1) is 18.1. The number of para-hydroxylation sites is 1. The molecule has 4 nitrogen and oxygen atoms in total. The fourth-order valence-electron chi connectivity index (χ4n) is 2.96. The molecule has 0 spiro atoms. The predicted octanol–water partition coefficient (Wildman–Crippen LogP) is 5.05. The highest BCUT2D eigenvalue weighted by molar-refractivity contribution is 5.78. The molecule has 0 saturated heterocycles. The number of carbonyl (C=O) groups excluding carboxylic acids is 1. The maximum Gasteiger partial charge on any atom is 0.316 e. The van der Waals surface area contributed by atoms with E-state index in [4.69, 9.17) is 14.2 Å². The summed E-state index contributed by atoms with van der Waals surface area (Å²) in [7, 11) is 1.58. The van der Waals surface area contributed by atoms with Crippen LogP contribution < -0.4 is 14.2 Å². The molecule has 0 fully saturated rings. The second-order valence-corrected chi connectivity index (χ2v) is 7.38. The Kier molecular flexibility index (Phi) is 4.77. The van der Waals surface area contributed by atoms with E-state index in [9.17, 15) is 4.79 Å². The normalized spacial score (nSPS) is 18.6. The maximum atomic E-state index is 12.4. The third-order valence-electron chi connectivity index (χ3n) is 4.45. The Labute approximate surface area is 154 Å². The topological polar surface area (TPSA) is 44.8 Å². The van der Waals surface area contributed by atoms with E-state index in [1.54, 1.807) is 13.2 Å². The van der Waals surface area contributed by atoms with Crippen molar-refractivity contribution in [1.29, 1.82) is 0 Å². The van der Waals surface area contributed by atoms with Crippen LogP contribution in [-0.2, 0) is 4.79 Å². The van der Waals surface area contributed by atoms with E-state index in [1.165, 1.54) is 0 Å². The van der Waals surface area contributed by atoms with Gasteiger partial charge in [-0.15, -0.1) is 6.58 Å². The molecule has 3 rings (SSSR count). The van der Waals surface area contributed by atoms with Crippen LogP contribution in [-0.4, -0.2) is 13.1 Å². The molecule has 1 aliphatic rings. The van der Waals surface area contributed by atoms with Crippen LogP contribution >= 0.6 is 0 Å². The Hall–Kier alpha value is -2.75.